The van der Waals surface area contributed by atoms with Crippen LogP contribution >= 0.6 is 12.4 Å². The van der Waals surface area contributed by atoms with E-state index in [0.29, 0.717) is 6.04 Å². The van der Waals surface area contributed by atoms with Crippen molar-refractivity contribution in [3.63, 3.8) is 0 Å². The van der Waals surface area contributed by atoms with Crippen molar-refractivity contribution < 1.29 is 9.18 Å². The lowest BCUT2D eigenvalue weighted by Gasteiger charge is -2.22. The second-order valence-corrected chi connectivity index (χ2v) is 4.59. The van der Waals surface area contributed by atoms with Gasteiger partial charge in [0.05, 0.1) is 12.2 Å². The van der Waals surface area contributed by atoms with Crippen LogP contribution in [0.2, 0.25) is 0 Å². The minimum absolute atomic E-state index is 0. The van der Waals surface area contributed by atoms with E-state index in [-0.39, 0.29) is 30.5 Å². The van der Waals surface area contributed by atoms with Gasteiger partial charge in [0, 0.05) is 12.6 Å². The van der Waals surface area contributed by atoms with E-state index in [1.54, 1.807) is 18.2 Å². The van der Waals surface area contributed by atoms with Crippen LogP contribution in [0.1, 0.15) is 6.42 Å². The van der Waals surface area contributed by atoms with E-state index >= 15 is 0 Å². The maximum Gasteiger partial charge on any atom is 0.238 e. The summed E-state index contributed by atoms with van der Waals surface area (Å²) < 4.78 is 13.3. The summed E-state index contributed by atoms with van der Waals surface area (Å²) in [5, 5.41) is 5.84. The van der Waals surface area contributed by atoms with Gasteiger partial charge in [0.25, 0.3) is 0 Å². The van der Waals surface area contributed by atoms with E-state index < -0.39 is 5.82 Å². The van der Waals surface area contributed by atoms with Crippen LogP contribution in [0, 0.1) is 5.82 Å². The number of carbonyl (C=O) groups excluding carboxylic acids is 1. The van der Waals surface area contributed by atoms with Crippen molar-refractivity contribution in [1.82, 2.24) is 10.2 Å². The first kappa shape index (κ1) is 15.9. The molecular formula is C13H19ClFN3O. The fraction of sp³-hybridized carbons (Fsp3) is 0.462. The normalized spacial score (nSPS) is 18.2. The number of para-hydroxylation sites is 1. The molecule has 1 aromatic rings. The summed E-state index contributed by atoms with van der Waals surface area (Å²) in [5.74, 6) is -0.592. The predicted octanol–water partition coefficient (Wildman–Crippen LogP) is 1.48. The first-order chi connectivity index (χ1) is 8.66. The quantitative estimate of drug-likeness (QED) is 0.882. The summed E-state index contributed by atoms with van der Waals surface area (Å²) >= 11 is 0. The number of nitrogens with zero attached hydrogens (tertiary/aromatic N) is 1. The van der Waals surface area contributed by atoms with E-state index in [0.717, 1.165) is 19.5 Å². The van der Waals surface area contributed by atoms with Gasteiger partial charge in [0.15, 0.2) is 0 Å². The Morgan fingerprint density at radius 2 is 2.26 bits per heavy atom. The first-order valence-corrected chi connectivity index (χ1v) is 6.12. The fourth-order valence-corrected chi connectivity index (χ4v) is 2.12. The number of amides is 1. The van der Waals surface area contributed by atoms with Crippen molar-refractivity contribution in [2.45, 2.75) is 12.5 Å². The Morgan fingerprint density at radius 1 is 1.53 bits per heavy atom. The molecule has 1 heterocycles. The topological polar surface area (TPSA) is 44.4 Å². The number of hydrogen-bond donors (Lipinski definition) is 2. The highest BCUT2D eigenvalue weighted by molar-refractivity contribution is 5.92. The molecule has 1 aliphatic rings. The number of halogens is 2. The van der Waals surface area contributed by atoms with Crippen molar-refractivity contribution in [3.8, 4) is 0 Å². The maximum absolute atomic E-state index is 13.3. The molecule has 1 fully saturated rings. The van der Waals surface area contributed by atoms with Crippen LogP contribution in [0.4, 0.5) is 10.1 Å². The molecule has 1 aromatic carbocycles. The van der Waals surface area contributed by atoms with Crippen molar-refractivity contribution in [2.24, 2.45) is 0 Å². The summed E-state index contributed by atoms with van der Waals surface area (Å²) in [4.78, 5) is 13.8. The van der Waals surface area contributed by atoms with E-state index in [9.17, 15) is 9.18 Å². The number of anilines is 1. The Hall–Kier alpha value is -1.17. The van der Waals surface area contributed by atoms with E-state index in [1.165, 1.54) is 6.07 Å². The van der Waals surface area contributed by atoms with Gasteiger partial charge in [-0.2, -0.15) is 0 Å². The standard InChI is InChI=1S/C13H18FN3O.ClH/c1-17(10-6-7-15-8-10)9-13(18)16-12-5-3-2-4-11(12)14;/h2-5,10,15H,6-9H2,1H3,(H,16,18);1H. The lowest BCUT2D eigenvalue weighted by Crippen LogP contribution is -2.39. The Balaban J connectivity index is 0.00000180. The average molecular weight is 288 g/mol. The van der Waals surface area contributed by atoms with Gasteiger partial charge in [-0.05, 0) is 32.1 Å². The molecule has 1 aliphatic heterocycles. The molecule has 19 heavy (non-hydrogen) atoms. The third-order valence-corrected chi connectivity index (χ3v) is 3.20. The molecule has 106 valence electrons. The predicted molar refractivity (Wildman–Crippen MR) is 76.2 cm³/mol. The number of nitrogens with one attached hydrogen (secondary N) is 2. The van der Waals surface area contributed by atoms with Crippen LogP contribution in [0.25, 0.3) is 0 Å². The summed E-state index contributed by atoms with van der Waals surface area (Å²) in [7, 11) is 1.92. The number of carbonyl (C=O) groups is 1. The first-order valence-electron chi connectivity index (χ1n) is 6.12. The molecule has 6 heteroatoms. The van der Waals surface area contributed by atoms with Crippen molar-refractivity contribution in [2.75, 3.05) is 32.0 Å². The number of likely N-dealkylation sites (N-methyl/N-ethyl adjacent to an activating group) is 1. The lowest BCUT2D eigenvalue weighted by atomic mass is 10.2. The number of rotatable bonds is 4. The fourth-order valence-electron chi connectivity index (χ4n) is 2.12. The molecule has 1 atom stereocenters. The van der Waals surface area contributed by atoms with Gasteiger partial charge in [-0.15, -0.1) is 12.4 Å². The highest BCUT2D eigenvalue weighted by atomic mass is 35.5. The second kappa shape index (κ2) is 7.43. The monoisotopic (exact) mass is 287 g/mol. The molecular weight excluding hydrogens is 269 g/mol. The minimum atomic E-state index is -0.406. The molecule has 0 radical (unpaired) electrons. The summed E-state index contributed by atoms with van der Waals surface area (Å²) in [6.07, 6.45) is 1.05. The molecule has 4 nitrogen and oxygen atoms in total. The number of benzene rings is 1. The smallest absolute Gasteiger partial charge is 0.238 e. The lowest BCUT2D eigenvalue weighted by molar-refractivity contribution is -0.117. The molecule has 1 saturated heterocycles. The van der Waals surface area contributed by atoms with Gasteiger partial charge in [-0.1, -0.05) is 12.1 Å². The number of hydrogen-bond acceptors (Lipinski definition) is 3. The van der Waals surface area contributed by atoms with Gasteiger partial charge in [0.1, 0.15) is 5.82 Å². The molecule has 0 saturated carbocycles. The molecule has 1 unspecified atom stereocenters. The summed E-state index contributed by atoms with van der Waals surface area (Å²) in [6.45, 7) is 2.17. The largest absolute Gasteiger partial charge is 0.322 e. The molecule has 1 amide bonds. The zero-order valence-electron chi connectivity index (χ0n) is 10.9. The van der Waals surface area contributed by atoms with Gasteiger partial charge >= 0.3 is 0 Å². The van der Waals surface area contributed by atoms with Crippen LogP contribution in [0.15, 0.2) is 24.3 Å². The molecule has 2 rings (SSSR count). The van der Waals surface area contributed by atoms with Gasteiger partial charge in [-0.3, -0.25) is 9.69 Å². The van der Waals surface area contributed by atoms with Gasteiger partial charge in [0.2, 0.25) is 5.91 Å². The van der Waals surface area contributed by atoms with Gasteiger partial charge < -0.3 is 10.6 Å². The Morgan fingerprint density at radius 3 is 2.89 bits per heavy atom. The van der Waals surface area contributed by atoms with E-state index in [2.05, 4.69) is 10.6 Å². The van der Waals surface area contributed by atoms with Crippen LogP contribution in [-0.2, 0) is 4.79 Å². The third kappa shape index (κ3) is 4.45. The van der Waals surface area contributed by atoms with Crippen LogP contribution < -0.4 is 10.6 Å². The third-order valence-electron chi connectivity index (χ3n) is 3.20. The van der Waals surface area contributed by atoms with Crippen LogP contribution in [-0.4, -0.2) is 43.5 Å². The molecule has 2 N–H and O–H groups in total. The molecule has 0 spiro atoms. The van der Waals surface area contributed by atoms with Gasteiger partial charge in [-0.25, -0.2) is 4.39 Å². The SMILES string of the molecule is CN(CC(=O)Nc1ccccc1F)C1CCNC1.Cl. The average Bonchev–Trinajstić information content (AvgIpc) is 2.85. The Kier molecular flexibility index (Phi) is 6.21. The van der Waals surface area contributed by atoms with Crippen LogP contribution in [0.3, 0.4) is 0 Å². The van der Waals surface area contributed by atoms with Crippen molar-refractivity contribution >= 4 is 24.0 Å². The summed E-state index contributed by atoms with van der Waals surface area (Å²) in [5.41, 5.74) is 0.237. The Labute approximate surface area is 118 Å². The second-order valence-electron chi connectivity index (χ2n) is 4.59. The Bertz CT molecular complexity index is 424. The van der Waals surface area contributed by atoms with E-state index in [1.807, 2.05) is 11.9 Å². The minimum Gasteiger partial charge on any atom is -0.322 e. The van der Waals surface area contributed by atoms with E-state index in [4.69, 9.17) is 0 Å². The summed E-state index contributed by atoms with van der Waals surface area (Å²) in [6, 6.07) is 6.58. The van der Waals surface area contributed by atoms with Crippen molar-refractivity contribution in [3.05, 3.63) is 30.1 Å². The molecule has 0 aromatic heterocycles. The maximum atomic E-state index is 13.3. The van der Waals surface area contributed by atoms with Crippen LogP contribution in [0.5, 0.6) is 0 Å². The zero-order chi connectivity index (χ0) is 13.0. The highest BCUT2D eigenvalue weighted by Gasteiger charge is 2.21. The van der Waals surface area contributed by atoms with Crippen molar-refractivity contribution in [1.29, 1.82) is 0 Å². The molecule has 0 aliphatic carbocycles. The highest BCUT2D eigenvalue weighted by Crippen LogP contribution is 2.12. The molecule has 0 bridgehead atoms. The zero-order valence-corrected chi connectivity index (χ0v) is 11.7.